The number of rotatable bonds is 8. The summed E-state index contributed by atoms with van der Waals surface area (Å²) in [5, 5.41) is 10.8. The molecule has 0 unspecified atom stereocenters. The molecule has 0 spiro atoms. The molecule has 0 amide bonds. The van der Waals surface area contributed by atoms with Crippen LogP contribution in [0, 0.1) is 0 Å². The van der Waals surface area contributed by atoms with E-state index in [1.807, 2.05) is 12.4 Å². The summed E-state index contributed by atoms with van der Waals surface area (Å²) in [4.78, 5) is 7.02. The molecule has 0 aliphatic carbocycles. The van der Waals surface area contributed by atoms with Gasteiger partial charge in [-0.1, -0.05) is 13.8 Å². The summed E-state index contributed by atoms with van der Waals surface area (Å²) in [6.07, 6.45) is 8.98. The molecule has 1 fully saturated rings. The van der Waals surface area contributed by atoms with Crippen LogP contribution in [0.15, 0.2) is 24.5 Å². The van der Waals surface area contributed by atoms with E-state index in [1.54, 1.807) is 0 Å². The monoisotopic (exact) mass is 327 g/mol. The molecular weight excluding hydrogens is 298 g/mol. The second-order valence-electron chi connectivity index (χ2n) is 6.96. The third-order valence-electron chi connectivity index (χ3n) is 4.72. The Bertz CT molecular complexity index is 628. The lowest BCUT2D eigenvalue weighted by atomic mass is 10.0. The first-order valence-electron chi connectivity index (χ1n) is 9.20. The minimum Gasteiger partial charge on any atom is -0.370 e. The molecule has 5 nitrogen and oxygen atoms in total. The Morgan fingerprint density at radius 2 is 2.08 bits per heavy atom. The number of likely N-dealkylation sites (tertiary alicyclic amines) is 1. The number of nitrogens with one attached hydrogen (secondary N) is 2. The SMILES string of the molecule is CC(C)c1[nH]ncc1-c1ccnc(NCCCCN2CCCC2)c1. The van der Waals surface area contributed by atoms with Crippen LogP contribution in [-0.2, 0) is 0 Å². The highest BCUT2D eigenvalue weighted by Gasteiger charge is 2.12. The fourth-order valence-electron chi connectivity index (χ4n) is 3.34. The number of anilines is 1. The molecule has 2 N–H and O–H groups in total. The van der Waals surface area contributed by atoms with Crippen molar-refractivity contribution >= 4 is 5.82 Å². The van der Waals surface area contributed by atoms with Crippen LogP contribution in [0.3, 0.4) is 0 Å². The molecule has 130 valence electrons. The van der Waals surface area contributed by atoms with Gasteiger partial charge in [0, 0.05) is 24.0 Å². The molecule has 3 rings (SSSR count). The topological polar surface area (TPSA) is 56.8 Å². The standard InChI is InChI=1S/C19H29N5/c1-15(2)19-17(14-22-23-19)16-7-9-21-18(13-16)20-8-3-4-10-24-11-5-6-12-24/h7,9,13-15H,3-6,8,10-12H2,1-2H3,(H,20,21)(H,22,23). The molecule has 1 aliphatic rings. The summed E-state index contributed by atoms with van der Waals surface area (Å²) in [5.74, 6) is 1.38. The smallest absolute Gasteiger partial charge is 0.126 e. The predicted octanol–water partition coefficient (Wildman–Crippen LogP) is 3.88. The van der Waals surface area contributed by atoms with E-state index in [2.05, 4.69) is 51.4 Å². The average molecular weight is 327 g/mol. The van der Waals surface area contributed by atoms with Crippen LogP contribution in [0.25, 0.3) is 11.1 Å². The molecule has 24 heavy (non-hydrogen) atoms. The average Bonchev–Trinajstić information content (AvgIpc) is 3.26. The largest absolute Gasteiger partial charge is 0.370 e. The number of unbranched alkanes of at least 4 members (excludes halogenated alkanes) is 1. The number of hydrogen-bond donors (Lipinski definition) is 2. The summed E-state index contributed by atoms with van der Waals surface area (Å²) in [6, 6.07) is 4.17. The minimum absolute atomic E-state index is 0.428. The highest BCUT2D eigenvalue weighted by Crippen LogP contribution is 2.28. The van der Waals surface area contributed by atoms with Crippen molar-refractivity contribution in [1.29, 1.82) is 0 Å². The fraction of sp³-hybridized carbons (Fsp3) is 0.579. The van der Waals surface area contributed by atoms with E-state index in [0.29, 0.717) is 5.92 Å². The van der Waals surface area contributed by atoms with E-state index in [0.717, 1.165) is 12.4 Å². The predicted molar refractivity (Wildman–Crippen MR) is 99.3 cm³/mol. The number of hydrogen-bond acceptors (Lipinski definition) is 4. The summed E-state index contributed by atoms with van der Waals surface area (Å²) < 4.78 is 0. The lowest BCUT2D eigenvalue weighted by Gasteiger charge is -2.14. The molecule has 3 heterocycles. The first-order chi connectivity index (χ1) is 11.7. The van der Waals surface area contributed by atoms with Crippen molar-refractivity contribution in [2.75, 3.05) is 31.5 Å². The van der Waals surface area contributed by atoms with Gasteiger partial charge in [-0.05, 0) is 68.9 Å². The molecule has 0 bridgehead atoms. The van der Waals surface area contributed by atoms with E-state index in [-0.39, 0.29) is 0 Å². The van der Waals surface area contributed by atoms with Gasteiger partial charge in [0.2, 0.25) is 0 Å². The van der Waals surface area contributed by atoms with Crippen LogP contribution in [0.2, 0.25) is 0 Å². The molecule has 2 aromatic rings. The van der Waals surface area contributed by atoms with Crippen molar-refractivity contribution in [3.05, 3.63) is 30.2 Å². The third-order valence-corrected chi connectivity index (χ3v) is 4.72. The second-order valence-corrected chi connectivity index (χ2v) is 6.96. The van der Waals surface area contributed by atoms with Crippen LogP contribution >= 0.6 is 0 Å². The zero-order valence-electron chi connectivity index (χ0n) is 14.9. The van der Waals surface area contributed by atoms with Crippen molar-refractivity contribution < 1.29 is 0 Å². The summed E-state index contributed by atoms with van der Waals surface area (Å²) in [7, 11) is 0. The van der Waals surface area contributed by atoms with Gasteiger partial charge in [0.15, 0.2) is 0 Å². The first kappa shape index (κ1) is 17.0. The van der Waals surface area contributed by atoms with Gasteiger partial charge < -0.3 is 10.2 Å². The number of aromatic amines is 1. The van der Waals surface area contributed by atoms with E-state index < -0.39 is 0 Å². The van der Waals surface area contributed by atoms with Crippen molar-refractivity contribution in [2.24, 2.45) is 0 Å². The van der Waals surface area contributed by atoms with Crippen LogP contribution in [0.4, 0.5) is 5.82 Å². The summed E-state index contributed by atoms with van der Waals surface area (Å²) >= 11 is 0. The van der Waals surface area contributed by atoms with E-state index in [1.165, 1.54) is 62.1 Å². The van der Waals surface area contributed by atoms with Gasteiger partial charge in [0.1, 0.15) is 5.82 Å². The Balaban J connectivity index is 1.50. The Morgan fingerprint density at radius 1 is 1.25 bits per heavy atom. The number of aromatic nitrogens is 3. The zero-order valence-corrected chi connectivity index (χ0v) is 14.9. The van der Waals surface area contributed by atoms with Crippen LogP contribution in [-0.4, -0.2) is 46.3 Å². The van der Waals surface area contributed by atoms with Crippen molar-refractivity contribution in [3.63, 3.8) is 0 Å². The van der Waals surface area contributed by atoms with Gasteiger partial charge >= 0.3 is 0 Å². The van der Waals surface area contributed by atoms with Gasteiger partial charge in [-0.15, -0.1) is 0 Å². The van der Waals surface area contributed by atoms with E-state index in [4.69, 9.17) is 0 Å². The molecule has 0 aromatic carbocycles. The minimum atomic E-state index is 0.428. The van der Waals surface area contributed by atoms with Crippen LogP contribution in [0.5, 0.6) is 0 Å². The fourth-order valence-corrected chi connectivity index (χ4v) is 3.34. The lowest BCUT2D eigenvalue weighted by molar-refractivity contribution is 0.331. The maximum Gasteiger partial charge on any atom is 0.126 e. The molecular formula is C19H29N5. The quantitative estimate of drug-likeness (QED) is 0.722. The van der Waals surface area contributed by atoms with Crippen molar-refractivity contribution in [2.45, 2.75) is 45.4 Å². The van der Waals surface area contributed by atoms with Crippen molar-refractivity contribution in [3.8, 4) is 11.1 Å². The highest BCUT2D eigenvalue weighted by molar-refractivity contribution is 5.68. The van der Waals surface area contributed by atoms with Gasteiger partial charge in [0.25, 0.3) is 0 Å². The van der Waals surface area contributed by atoms with Crippen LogP contribution in [0.1, 0.15) is 51.1 Å². The lowest BCUT2D eigenvalue weighted by Crippen LogP contribution is -2.20. The zero-order chi connectivity index (χ0) is 16.8. The first-order valence-corrected chi connectivity index (χ1v) is 9.20. The summed E-state index contributed by atoms with van der Waals surface area (Å²) in [6.45, 7) is 9.16. The van der Waals surface area contributed by atoms with Crippen LogP contribution < -0.4 is 5.32 Å². The Hall–Kier alpha value is -1.88. The molecule has 0 saturated carbocycles. The Labute approximate surface area is 144 Å². The van der Waals surface area contributed by atoms with Gasteiger partial charge in [-0.25, -0.2) is 4.98 Å². The summed E-state index contributed by atoms with van der Waals surface area (Å²) in [5.41, 5.74) is 3.52. The third kappa shape index (κ3) is 4.35. The molecule has 5 heteroatoms. The van der Waals surface area contributed by atoms with Crippen molar-refractivity contribution in [1.82, 2.24) is 20.1 Å². The molecule has 2 aromatic heterocycles. The molecule has 0 radical (unpaired) electrons. The van der Waals surface area contributed by atoms with E-state index in [9.17, 15) is 0 Å². The Kier molecular flexibility index (Phi) is 5.86. The number of nitrogens with zero attached hydrogens (tertiary/aromatic N) is 3. The number of pyridine rings is 1. The molecule has 1 aliphatic heterocycles. The van der Waals surface area contributed by atoms with Gasteiger partial charge in [-0.2, -0.15) is 5.10 Å². The van der Waals surface area contributed by atoms with Gasteiger partial charge in [-0.3, -0.25) is 5.10 Å². The maximum atomic E-state index is 4.45. The second kappa shape index (κ2) is 8.29. The maximum absolute atomic E-state index is 4.45. The molecule has 1 saturated heterocycles. The van der Waals surface area contributed by atoms with E-state index >= 15 is 0 Å². The molecule has 0 atom stereocenters. The highest BCUT2D eigenvalue weighted by atomic mass is 15.1. The van der Waals surface area contributed by atoms with Gasteiger partial charge in [0.05, 0.1) is 6.20 Å². The Morgan fingerprint density at radius 3 is 2.88 bits per heavy atom. The normalized spacial score (nSPS) is 15.3. The number of H-pyrrole nitrogens is 1.